The molecule has 2 atom stereocenters. The molecular formula is C21H26F2N2O3S. The van der Waals surface area contributed by atoms with E-state index in [4.69, 9.17) is 0 Å². The second-order valence-electron chi connectivity index (χ2n) is 7.52. The number of hydrogen-bond donors (Lipinski definition) is 2. The number of hydrogen-bond acceptors (Lipinski definition) is 3. The Morgan fingerprint density at radius 3 is 2.17 bits per heavy atom. The number of sulfonamides is 1. The van der Waals surface area contributed by atoms with Crippen molar-refractivity contribution in [1.82, 2.24) is 10.0 Å². The molecule has 2 unspecified atom stereocenters. The van der Waals surface area contributed by atoms with Crippen molar-refractivity contribution in [2.75, 3.05) is 0 Å². The Balaban J connectivity index is 2.18. The average Bonchev–Trinajstić information content (AvgIpc) is 2.63. The second-order valence-corrected chi connectivity index (χ2v) is 9.23. The van der Waals surface area contributed by atoms with Gasteiger partial charge in [0.25, 0.3) is 0 Å². The van der Waals surface area contributed by atoms with Gasteiger partial charge in [-0.3, -0.25) is 4.79 Å². The van der Waals surface area contributed by atoms with E-state index < -0.39 is 39.6 Å². The van der Waals surface area contributed by atoms with Crippen molar-refractivity contribution >= 4 is 15.9 Å². The molecule has 0 aromatic heterocycles. The number of halogens is 2. The van der Waals surface area contributed by atoms with Crippen molar-refractivity contribution in [3.8, 4) is 0 Å². The Kier molecular flexibility index (Phi) is 7.48. The minimum Gasteiger partial charge on any atom is -0.348 e. The van der Waals surface area contributed by atoms with Gasteiger partial charge in [-0.15, -0.1) is 0 Å². The zero-order valence-corrected chi connectivity index (χ0v) is 17.7. The first-order chi connectivity index (χ1) is 13.5. The molecule has 158 valence electrons. The summed E-state index contributed by atoms with van der Waals surface area (Å²) in [5, 5.41) is 2.68. The first-order valence-corrected chi connectivity index (χ1v) is 10.8. The highest BCUT2D eigenvalue weighted by molar-refractivity contribution is 7.89. The Hall–Kier alpha value is -2.32. The molecule has 1 amide bonds. The number of aryl methyl sites for hydroxylation is 1. The van der Waals surface area contributed by atoms with Gasteiger partial charge in [0, 0.05) is 0 Å². The van der Waals surface area contributed by atoms with Gasteiger partial charge in [0.2, 0.25) is 15.9 Å². The predicted octanol–water partition coefficient (Wildman–Crippen LogP) is 3.84. The van der Waals surface area contributed by atoms with Gasteiger partial charge in [-0.1, -0.05) is 37.6 Å². The third-order valence-corrected chi connectivity index (χ3v) is 5.94. The van der Waals surface area contributed by atoms with Crippen LogP contribution in [0, 0.1) is 24.5 Å². The zero-order valence-electron chi connectivity index (χ0n) is 16.9. The smallest absolute Gasteiger partial charge is 0.241 e. The van der Waals surface area contributed by atoms with Gasteiger partial charge in [0.15, 0.2) is 11.6 Å². The molecule has 2 N–H and O–H groups in total. The quantitative estimate of drug-likeness (QED) is 0.676. The Labute approximate surface area is 170 Å². The summed E-state index contributed by atoms with van der Waals surface area (Å²) < 4.78 is 54.5. The lowest BCUT2D eigenvalue weighted by Crippen LogP contribution is -2.47. The maximum atomic E-state index is 13.5. The Morgan fingerprint density at radius 2 is 1.62 bits per heavy atom. The molecule has 0 bridgehead atoms. The summed E-state index contributed by atoms with van der Waals surface area (Å²) >= 11 is 0. The number of carbonyl (C=O) groups excluding carboxylic acids is 1. The van der Waals surface area contributed by atoms with E-state index in [1.165, 1.54) is 18.2 Å². The summed E-state index contributed by atoms with van der Waals surface area (Å²) in [5.74, 6) is -2.48. The third-order valence-electron chi connectivity index (χ3n) is 4.45. The molecule has 2 rings (SSSR count). The number of carbonyl (C=O) groups is 1. The third kappa shape index (κ3) is 6.33. The van der Waals surface area contributed by atoms with Gasteiger partial charge in [-0.05, 0) is 56.0 Å². The molecule has 8 heteroatoms. The topological polar surface area (TPSA) is 75.3 Å². The first kappa shape index (κ1) is 23.0. The summed E-state index contributed by atoms with van der Waals surface area (Å²) in [6.07, 6.45) is 0.279. The molecule has 2 aromatic rings. The van der Waals surface area contributed by atoms with E-state index >= 15 is 0 Å². The minimum absolute atomic E-state index is 0.0463. The lowest BCUT2D eigenvalue weighted by molar-refractivity contribution is -0.123. The molecule has 0 aliphatic rings. The number of rotatable bonds is 8. The molecular weight excluding hydrogens is 398 g/mol. The van der Waals surface area contributed by atoms with Gasteiger partial charge < -0.3 is 5.32 Å². The molecule has 29 heavy (non-hydrogen) atoms. The molecule has 5 nitrogen and oxygen atoms in total. The zero-order chi connectivity index (χ0) is 21.8. The summed E-state index contributed by atoms with van der Waals surface area (Å²) in [6, 6.07) is 8.04. The van der Waals surface area contributed by atoms with E-state index in [0.717, 1.165) is 17.7 Å². The molecule has 0 saturated heterocycles. The molecule has 0 fully saturated rings. The van der Waals surface area contributed by atoms with Crippen molar-refractivity contribution in [1.29, 1.82) is 0 Å². The van der Waals surface area contributed by atoms with Crippen LogP contribution in [0.15, 0.2) is 47.4 Å². The van der Waals surface area contributed by atoms with Crippen LogP contribution in [-0.4, -0.2) is 20.4 Å². The first-order valence-electron chi connectivity index (χ1n) is 9.34. The fourth-order valence-corrected chi connectivity index (χ4v) is 4.04. The molecule has 0 saturated carbocycles. The van der Waals surface area contributed by atoms with Crippen molar-refractivity contribution in [3.05, 3.63) is 65.2 Å². The highest BCUT2D eigenvalue weighted by Gasteiger charge is 2.27. The highest BCUT2D eigenvalue weighted by Crippen LogP contribution is 2.18. The van der Waals surface area contributed by atoms with E-state index in [0.29, 0.717) is 5.56 Å². The number of benzene rings is 2. The van der Waals surface area contributed by atoms with Crippen LogP contribution in [0.4, 0.5) is 8.78 Å². The lowest BCUT2D eigenvalue weighted by Gasteiger charge is -2.23. The highest BCUT2D eigenvalue weighted by atomic mass is 32.2. The second kappa shape index (κ2) is 9.45. The van der Waals surface area contributed by atoms with Crippen LogP contribution in [0.3, 0.4) is 0 Å². The summed E-state index contributed by atoms with van der Waals surface area (Å²) in [6.45, 7) is 7.21. The molecule has 0 heterocycles. The fraction of sp³-hybridized carbons (Fsp3) is 0.381. The van der Waals surface area contributed by atoms with E-state index in [-0.39, 0.29) is 17.2 Å². The monoisotopic (exact) mass is 424 g/mol. The van der Waals surface area contributed by atoms with Crippen molar-refractivity contribution in [2.24, 2.45) is 5.92 Å². The molecule has 0 aliphatic heterocycles. The van der Waals surface area contributed by atoms with Crippen molar-refractivity contribution in [2.45, 2.75) is 51.1 Å². The molecule has 2 aromatic carbocycles. The molecule has 0 aliphatic carbocycles. The van der Waals surface area contributed by atoms with Crippen LogP contribution in [0.2, 0.25) is 0 Å². The summed E-state index contributed by atoms with van der Waals surface area (Å²) in [4.78, 5) is 12.8. The van der Waals surface area contributed by atoms with E-state index in [1.54, 1.807) is 19.1 Å². The van der Waals surface area contributed by atoms with Crippen LogP contribution in [0.25, 0.3) is 0 Å². The van der Waals surface area contributed by atoms with Crippen molar-refractivity contribution in [3.63, 3.8) is 0 Å². The standard InChI is InChI=1S/C21H26F2N2O3S/c1-13(2)11-20(25-29(27,28)17-8-5-14(3)6-9-17)21(26)24-15(4)16-7-10-18(22)19(23)12-16/h5-10,12-13,15,20,25H,11H2,1-4H3,(H,24,26). The summed E-state index contributed by atoms with van der Waals surface area (Å²) in [7, 11) is -3.90. The number of nitrogens with one attached hydrogen (secondary N) is 2. The van der Waals surface area contributed by atoms with Crippen LogP contribution in [0.1, 0.15) is 44.4 Å². The normalized spacial score (nSPS) is 13.9. The van der Waals surface area contributed by atoms with E-state index in [2.05, 4.69) is 10.0 Å². The maximum Gasteiger partial charge on any atom is 0.241 e. The van der Waals surface area contributed by atoms with Gasteiger partial charge in [0.05, 0.1) is 10.9 Å². The van der Waals surface area contributed by atoms with Crippen molar-refractivity contribution < 1.29 is 22.0 Å². The summed E-state index contributed by atoms with van der Waals surface area (Å²) in [5.41, 5.74) is 1.29. The minimum atomic E-state index is -3.90. The maximum absolute atomic E-state index is 13.5. The van der Waals surface area contributed by atoms with Gasteiger partial charge >= 0.3 is 0 Å². The van der Waals surface area contributed by atoms with Crippen LogP contribution >= 0.6 is 0 Å². The molecule has 0 spiro atoms. The largest absolute Gasteiger partial charge is 0.348 e. The lowest BCUT2D eigenvalue weighted by atomic mass is 10.0. The van der Waals surface area contributed by atoms with Crippen LogP contribution < -0.4 is 10.0 Å². The fourth-order valence-electron chi connectivity index (χ4n) is 2.83. The van der Waals surface area contributed by atoms with Gasteiger partial charge in [-0.2, -0.15) is 4.72 Å². The number of amides is 1. The van der Waals surface area contributed by atoms with Gasteiger partial charge in [-0.25, -0.2) is 17.2 Å². The van der Waals surface area contributed by atoms with E-state index in [9.17, 15) is 22.0 Å². The van der Waals surface area contributed by atoms with E-state index in [1.807, 2.05) is 20.8 Å². The molecule has 0 radical (unpaired) electrons. The predicted molar refractivity (Wildman–Crippen MR) is 108 cm³/mol. The van der Waals surface area contributed by atoms with Gasteiger partial charge in [0.1, 0.15) is 6.04 Å². The van der Waals surface area contributed by atoms with Crippen LogP contribution in [0.5, 0.6) is 0 Å². The average molecular weight is 425 g/mol. The Morgan fingerprint density at radius 1 is 1.00 bits per heavy atom. The Bertz CT molecular complexity index is 960. The SMILES string of the molecule is Cc1ccc(S(=O)(=O)NC(CC(C)C)C(=O)NC(C)c2ccc(F)c(F)c2)cc1. The van der Waals surface area contributed by atoms with Crippen LogP contribution in [-0.2, 0) is 14.8 Å².